The fourth-order valence-electron chi connectivity index (χ4n) is 2.96. The first-order valence-electron chi connectivity index (χ1n) is 6.24. The van der Waals surface area contributed by atoms with Crippen molar-refractivity contribution < 1.29 is 0 Å². The van der Waals surface area contributed by atoms with Crippen LogP contribution in [0.1, 0.15) is 30.0 Å². The molecule has 1 aliphatic heterocycles. The minimum absolute atomic E-state index is 0.708. The Balaban J connectivity index is 2.13. The third-order valence-corrected chi connectivity index (χ3v) is 4.24. The van der Waals surface area contributed by atoms with Crippen molar-refractivity contribution >= 4 is 26.8 Å². The zero-order chi connectivity index (χ0) is 11.8. The largest absolute Gasteiger partial charge is 0.358 e. The van der Waals surface area contributed by atoms with E-state index in [-0.39, 0.29) is 0 Å². The summed E-state index contributed by atoms with van der Waals surface area (Å²) in [4.78, 5) is 3.51. The van der Waals surface area contributed by atoms with Crippen molar-refractivity contribution in [2.24, 2.45) is 0 Å². The first-order valence-corrected chi connectivity index (χ1v) is 7.03. The highest BCUT2D eigenvalue weighted by Gasteiger charge is 2.20. The Morgan fingerprint density at radius 1 is 1.24 bits per heavy atom. The molecule has 0 radical (unpaired) electrons. The summed E-state index contributed by atoms with van der Waals surface area (Å²) in [6.45, 7) is 4.49. The first-order chi connectivity index (χ1) is 8.25. The van der Waals surface area contributed by atoms with Crippen molar-refractivity contribution in [3.63, 3.8) is 0 Å². The van der Waals surface area contributed by atoms with E-state index in [4.69, 9.17) is 0 Å². The number of hydrogen-bond donors (Lipinski definition) is 2. The fourth-order valence-corrected chi connectivity index (χ4v) is 3.32. The monoisotopic (exact) mass is 292 g/mol. The molecular weight excluding hydrogens is 276 g/mol. The summed E-state index contributed by atoms with van der Waals surface area (Å²) < 4.78 is 1.17. The van der Waals surface area contributed by atoms with Crippen LogP contribution in [0.2, 0.25) is 0 Å². The molecule has 3 heteroatoms. The van der Waals surface area contributed by atoms with Gasteiger partial charge in [-0.05, 0) is 62.5 Å². The summed E-state index contributed by atoms with van der Waals surface area (Å²) in [7, 11) is 0. The minimum Gasteiger partial charge on any atom is -0.358 e. The molecule has 0 aliphatic carbocycles. The molecular formula is C14H17BrN2. The summed E-state index contributed by atoms with van der Waals surface area (Å²) >= 11 is 3.57. The number of nitrogens with one attached hydrogen (secondary N) is 2. The maximum absolute atomic E-state index is 3.57. The van der Waals surface area contributed by atoms with Crippen LogP contribution >= 0.6 is 15.9 Å². The van der Waals surface area contributed by atoms with Gasteiger partial charge in [-0.25, -0.2) is 0 Å². The number of aromatic nitrogens is 1. The van der Waals surface area contributed by atoms with Gasteiger partial charge in [-0.2, -0.15) is 0 Å². The molecule has 0 spiro atoms. The average molecular weight is 293 g/mol. The maximum Gasteiger partial charge on any atom is 0.0459 e. The van der Waals surface area contributed by atoms with E-state index in [1.165, 1.54) is 39.5 Å². The lowest BCUT2D eigenvalue weighted by atomic mass is 9.88. The highest BCUT2D eigenvalue weighted by Crippen LogP contribution is 2.35. The smallest absolute Gasteiger partial charge is 0.0459 e. The quantitative estimate of drug-likeness (QED) is 0.824. The summed E-state index contributed by atoms with van der Waals surface area (Å²) in [5.41, 5.74) is 4.13. The molecule has 3 rings (SSSR count). The van der Waals surface area contributed by atoms with E-state index in [0.29, 0.717) is 5.92 Å². The van der Waals surface area contributed by atoms with Crippen LogP contribution in [0.25, 0.3) is 10.9 Å². The van der Waals surface area contributed by atoms with Gasteiger partial charge in [-0.15, -0.1) is 0 Å². The third kappa shape index (κ3) is 2.02. The van der Waals surface area contributed by atoms with Crippen LogP contribution in [0.3, 0.4) is 0 Å². The van der Waals surface area contributed by atoms with E-state index in [1.54, 1.807) is 0 Å². The van der Waals surface area contributed by atoms with Crippen molar-refractivity contribution in [2.45, 2.75) is 25.7 Å². The van der Waals surface area contributed by atoms with Crippen LogP contribution in [0.15, 0.2) is 22.7 Å². The fraction of sp³-hybridized carbons (Fsp3) is 0.429. The predicted octanol–water partition coefficient (Wildman–Crippen LogP) is 3.71. The summed E-state index contributed by atoms with van der Waals surface area (Å²) in [5.74, 6) is 0.708. The van der Waals surface area contributed by atoms with Crippen LogP contribution < -0.4 is 5.32 Å². The molecule has 1 aromatic carbocycles. The Labute approximate surface area is 110 Å². The van der Waals surface area contributed by atoms with Gasteiger partial charge in [0.2, 0.25) is 0 Å². The molecule has 0 unspecified atom stereocenters. The van der Waals surface area contributed by atoms with E-state index >= 15 is 0 Å². The molecule has 2 aromatic rings. The zero-order valence-corrected chi connectivity index (χ0v) is 11.6. The Morgan fingerprint density at radius 2 is 2.00 bits per heavy atom. The molecule has 0 saturated carbocycles. The number of halogens is 1. The predicted molar refractivity (Wildman–Crippen MR) is 75.6 cm³/mol. The molecule has 1 saturated heterocycles. The van der Waals surface area contributed by atoms with Crippen LogP contribution in [-0.4, -0.2) is 18.1 Å². The Bertz CT molecular complexity index is 538. The van der Waals surface area contributed by atoms with Gasteiger partial charge in [0, 0.05) is 21.1 Å². The second kappa shape index (κ2) is 4.46. The minimum atomic E-state index is 0.708. The number of aryl methyl sites for hydroxylation is 1. The number of rotatable bonds is 1. The van der Waals surface area contributed by atoms with Crippen LogP contribution in [0.5, 0.6) is 0 Å². The lowest BCUT2D eigenvalue weighted by Gasteiger charge is -2.23. The molecule has 0 atom stereocenters. The van der Waals surface area contributed by atoms with Crippen molar-refractivity contribution in [3.8, 4) is 0 Å². The highest BCUT2D eigenvalue weighted by molar-refractivity contribution is 9.10. The first kappa shape index (κ1) is 11.3. The van der Waals surface area contributed by atoms with Gasteiger partial charge < -0.3 is 10.3 Å². The van der Waals surface area contributed by atoms with E-state index in [2.05, 4.69) is 51.4 Å². The molecule has 2 heterocycles. The SMILES string of the molecule is Cc1[nH]c2ccc(Br)cc2c1C1CCNCC1. The molecule has 17 heavy (non-hydrogen) atoms. The zero-order valence-electron chi connectivity index (χ0n) is 10.0. The summed E-state index contributed by atoms with van der Waals surface area (Å²) in [6, 6.07) is 6.51. The number of hydrogen-bond acceptors (Lipinski definition) is 1. The van der Waals surface area contributed by atoms with Gasteiger partial charge >= 0.3 is 0 Å². The maximum atomic E-state index is 3.57. The van der Waals surface area contributed by atoms with Crippen molar-refractivity contribution in [1.82, 2.24) is 10.3 Å². The van der Waals surface area contributed by atoms with E-state index in [1.807, 2.05) is 0 Å². The van der Waals surface area contributed by atoms with Crippen molar-refractivity contribution in [3.05, 3.63) is 33.9 Å². The van der Waals surface area contributed by atoms with Crippen molar-refractivity contribution in [1.29, 1.82) is 0 Å². The Hall–Kier alpha value is -0.800. The number of H-pyrrole nitrogens is 1. The van der Waals surface area contributed by atoms with Gasteiger partial charge in [0.25, 0.3) is 0 Å². The van der Waals surface area contributed by atoms with E-state index in [0.717, 1.165) is 13.1 Å². The normalized spacial score (nSPS) is 17.8. The van der Waals surface area contributed by atoms with Crippen LogP contribution in [0, 0.1) is 6.92 Å². The molecule has 0 bridgehead atoms. The van der Waals surface area contributed by atoms with Gasteiger partial charge in [0.05, 0.1) is 0 Å². The summed E-state index contributed by atoms with van der Waals surface area (Å²) in [6.07, 6.45) is 2.50. The second-order valence-electron chi connectivity index (χ2n) is 4.88. The van der Waals surface area contributed by atoms with Crippen LogP contribution in [-0.2, 0) is 0 Å². The van der Waals surface area contributed by atoms with Gasteiger partial charge in [0.1, 0.15) is 0 Å². The average Bonchev–Trinajstić information content (AvgIpc) is 2.65. The second-order valence-corrected chi connectivity index (χ2v) is 5.79. The van der Waals surface area contributed by atoms with Gasteiger partial charge in [0.15, 0.2) is 0 Å². The van der Waals surface area contributed by atoms with Gasteiger partial charge in [-0.1, -0.05) is 15.9 Å². The molecule has 2 nitrogen and oxygen atoms in total. The van der Waals surface area contributed by atoms with E-state index < -0.39 is 0 Å². The molecule has 1 aliphatic rings. The Kier molecular flexibility index (Phi) is 2.97. The van der Waals surface area contributed by atoms with Crippen LogP contribution in [0.4, 0.5) is 0 Å². The Morgan fingerprint density at radius 3 is 2.76 bits per heavy atom. The molecule has 90 valence electrons. The molecule has 1 fully saturated rings. The summed E-state index contributed by atoms with van der Waals surface area (Å²) in [5, 5.41) is 4.83. The lowest BCUT2D eigenvalue weighted by molar-refractivity contribution is 0.461. The topological polar surface area (TPSA) is 27.8 Å². The van der Waals surface area contributed by atoms with Gasteiger partial charge in [-0.3, -0.25) is 0 Å². The third-order valence-electron chi connectivity index (χ3n) is 3.75. The molecule has 1 aromatic heterocycles. The molecule has 0 amide bonds. The van der Waals surface area contributed by atoms with E-state index in [9.17, 15) is 0 Å². The number of aromatic amines is 1. The number of fused-ring (bicyclic) bond motifs is 1. The lowest BCUT2D eigenvalue weighted by Crippen LogP contribution is -2.26. The standard InChI is InChI=1S/C14H17BrN2/c1-9-14(10-4-6-16-7-5-10)12-8-11(15)2-3-13(12)17-9/h2-3,8,10,16-17H,4-7H2,1H3. The van der Waals surface area contributed by atoms with Crippen molar-refractivity contribution in [2.75, 3.05) is 13.1 Å². The number of benzene rings is 1. The highest BCUT2D eigenvalue weighted by atomic mass is 79.9. The number of piperidine rings is 1. The molecule has 2 N–H and O–H groups in total.